The van der Waals surface area contributed by atoms with Gasteiger partial charge in [0, 0.05) is 23.4 Å². The highest BCUT2D eigenvalue weighted by Gasteiger charge is 2.35. The van der Waals surface area contributed by atoms with Crippen LogP contribution in [0.3, 0.4) is 0 Å². The van der Waals surface area contributed by atoms with Crippen molar-refractivity contribution in [1.82, 2.24) is 10.6 Å². The van der Waals surface area contributed by atoms with E-state index in [4.69, 9.17) is 16.3 Å². The van der Waals surface area contributed by atoms with Gasteiger partial charge in [-0.15, -0.1) is 0 Å². The van der Waals surface area contributed by atoms with Crippen LogP contribution in [0.25, 0.3) is 5.57 Å². The van der Waals surface area contributed by atoms with Crippen LogP contribution < -0.4 is 15.4 Å². The predicted molar refractivity (Wildman–Crippen MR) is 135 cm³/mol. The first kappa shape index (κ1) is 22.7. The smallest absolute Gasteiger partial charge is 0.284 e. The number of carbonyl (C=O) groups is 2. The van der Waals surface area contributed by atoms with Crippen LogP contribution in [0.1, 0.15) is 23.6 Å². The summed E-state index contributed by atoms with van der Waals surface area (Å²) in [6, 6.07) is 17.2. The number of rotatable bonds is 5. The molecular weight excluding hydrogens is 470 g/mol. The number of methoxy groups -OCH3 is 1. The number of halogens is 1. The maximum absolute atomic E-state index is 13.2. The molecule has 0 radical (unpaired) electrons. The van der Waals surface area contributed by atoms with E-state index in [1.165, 1.54) is 11.8 Å². The number of carbonyl (C=O) groups excluding carboxylic acids is 2. The molecule has 1 aliphatic carbocycles. The molecule has 0 bridgehead atoms. The van der Waals surface area contributed by atoms with Gasteiger partial charge in [0.25, 0.3) is 5.91 Å². The average Bonchev–Trinajstić information content (AvgIpc) is 2.85. The van der Waals surface area contributed by atoms with Crippen molar-refractivity contribution < 1.29 is 14.3 Å². The summed E-state index contributed by atoms with van der Waals surface area (Å²) in [5.74, 6) is 0.0998. The summed E-state index contributed by atoms with van der Waals surface area (Å²) in [5, 5.41) is 7.01. The molecule has 1 saturated heterocycles. The molecule has 2 aromatic carbocycles. The van der Waals surface area contributed by atoms with Crippen molar-refractivity contribution in [2.45, 2.75) is 18.0 Å². The van der Waals surface area contributed by atoms with Crippen molar-refractivity contribution in [1.29, 1.82) is 0 Å². The summed E-state index contributed by atoms with van der Waals surface area (Å²) >= 11 is 7.60. The SMILES string of the molecule is COc1ccc(C2CC(=O)NC(SC3=C(c4ccccc4)C4C=C(Cl)C=CC4=NC3=O)N2)cc1. The highest BCUT2D eigenvalue weighted by atomic mass is 35.5. The van der Waals surface area contributed by atoms with Gasteiger partial charge in [-0.05, 0) is 41.0 Å². The molecule has 2 aliphatic heterocycles. The van der Waals surface area contributed by atoms with E-state index in [-0.39, 0.29) is 23.8 Å². The molecule has 34 heavy (non-hydrogen) atoms. The number of benzene rings is 2. The topological polar surface area (TPSA) is 79.8 Å². The summed E-state index contributed by atoms with van der Waals surface area (Å²) in [6.45, 7) is 0. The first-order valence-electron chi connectivity index (χ1n) is 10.9. The lowest BCUT2D eigenvalue weighted by molar-refractivity contribution is -0.123. The lowest BCUT2D eigenvalue weighted by Crippen LogP contribution is -2.51. The Bertz CT molecular complexity index is 1250. The second-order valence-corrected chi connectivity index (χ2v) is 9.63. The summed E-state index contributed by atoms with van der Waals surface area (Å²) in [7, 11) is 1.62. The fraction of sp³-hybridized carbons (Fsp3) is 0.192. The van der Waals surface area contributed by atoms with E-state index in [1.807, 2.05) is 60.7 Å². The Kier molecular flexibility index (Phi) is 6.41. The second kappa shape index (κ2) is 9.62. The molecule has 0 spiro atoms. The van der Waals surface area contributed by atoms with E-state index in [1.54, 1.807) is 19.3 Å². The number of nitrogens with one attached hydrogen (secondary N) is 2. The van der Waals surface area contributed by atoms with Crippen molar-refractivity contribution in [3.05, 3.63) is 93.9 Å². The molecular formula is C26H22ClN3O3S. The molecule has 5 rings (SSSR count). The van der Waals surface area contributed by atoms with Crippen molar-refractivity contribution in [2.75, 3.05) is 7.11 Å². The Hall–Kier alpha value is -3.13. The fourth-order valence-corrected chi connectivity index (χ4v) is 5.64. The number of ether oxygens (including phenoxy) is 1. The average molecular weight is 492 g/mol. The van der Waals surface area contributed by atoms with Crippen molar-refractivity contribution in [3.63, 3.8) is 0 Å². The van der Waals surface area contributed by atoms with E-state index in [2.05, 4.69) is 15.6 Å². The van der Waals surface area contributed by atoms with Crippen LogP contribution in [0.15, 0.2) is 87.8 Å². The zero-order valence-corrected chi connectivity index (χ0v) is 19.9. The molecule has 2 heterocycles. The van der Waals surface area contributed by atoms with Crippen molar-refractivity contribution in [3.8, 4) is 5.75 Å². The van der Waals surface area contributed by atoms with Gasteiger partial charge in [0.1, 0.15) is 11.2 Å². The fourth-order valence-electron chi connectivity index (χ4n) is 4.28. The molecule has 3 aliphatic rings. The quantitative estimate of drug-likeness (QED) is 0.640. The van der Waals surface area contributed by atoms with Gasteiger partial charge in [0.2, 0.25) is 5.91 Å². The molecule has 8 heteroatoms. The van der Waals surface area contributed by atoms with Gasteiger partial charge in [-0.25, -0.2) is 4.99 Å². The molecule has 2 N–H and O–H groups in total. The summed E-state index contributed by atoms with van der Waals surface area (Å²) in [6.07, 6.45) is 5.74. The van der Waals surface area contributed by atoms with E-state index in [9.17, 15) is 9.59 Å². The third-order valence-corrected chi connectivity index (χ3v) is 7.28. The third kappa shape index (κ3) is 4.59. The number of dihydropyridines is 1. The Labute approximate surface area is 206 Å². The number of nitrogens with zero attached hydrogens (tertiary/aromatic N) is 1. The van der Waals surface area contributed by atoms with Crippen LogP contribution in [-0.2, 0) is 9.59 Å². The summed E-state index contributed by atoms with van der Waals surface area (Å²) < 4.78 is 5.24. The van der Waals surface area contributed by atoms with Crippen LogP contribution in [0.5, 0.6) is 5.75 Å². The number of fused-ring (bicyclic) bond motifs is 1. The number of aliphatic imine (C=N–C) groups is 1. The van der Waals surface area contributed by atoms with Crippen LogP contribution in [0, 0.1) is 5.92 Å². The maximum Gasteiger partial charge on any atom is 0.284 e. The van der Waals surface area contributed by atoms with Crippen LogP contribution in [-0.4, -0.2) is 30.1 Å². The zero-order chi connectivity index (χ0) is 23.7. The molecule has 0 aromatic heterocycles. The lowest BCUT2D eigenvalue weighted by atomic mass is 9.84. The van der Waals surface area contributed by atoms with Gasteiger partial charge in [-0.3, -0.25) is 14.9 Å². The normalized spacial score (nSPS) is 24.2. The minimum absolute atomic E-state index is 0.0880. The van der Waals surface area contributed by atoms with Gasteiger partial charge in [0.05, 0.1) is 17.7 Å². The molecule has 0 saturated carbocycles. The van der Waals surface area contributed by atoms with Gasteiger partial charge >= 0.3 is 0 Å². The number of allylic oxidation sites excluding steroid dienone is 5. The minimum atomic E-state index is -0.499. The lowest BCUT2D eigenvalue weighted by Gasteiger charge is -2.33. The molecule has 2 aromatic rings. The van der Waals surface area contributed by atoms with E-state index >= 15 is 0 Å². The van der Waals surface area contributed by atoms with Gasteiger partial charge in [0.15, 0.2) is 0 Å². The number of amides is 2. The van der Waals surface area contributed by atoms with Crippen LogP contribution >= 0.6 is 23.4 Å². The Morgan fingerprint density at radius 1 is 1.06 bits per heavy atom. The van der Waals surface area contributed by atoms with E-state index in [0.29, 0.717) is 22.1 Å². The summed E-state index contributed by atoms with van der Waals surface area (Å²) in [4.78, 5) is 30.6. The van der Waals surface area contributed by atoms with Crippen molar-refractivity contribution >= 4 is 46.5 Å². The highest BCUT2D eigenvalue weighted by Crippen LogP contribution is 2.42. The number of thioether (sulfide) groups is 1. The van der Waals surface area contributed by atoms with E-state index in [0.717, 1.165) is 22.4 Å². The Morgan fingerprint density at radius 2 is 1.82 bits per heavy atom. The standard InChI is InChI=1S/C26H22ClN3O3S/c1-33-18-10-7-15(8-11-18)21-14-22(31)30-26(29-21)34-24-23(16-5-3-2-4-6-16)19-13-17(27)9-12-20(19)28-25(24)32/h2-13,19,21,26,29H,14H2,1H3,(H,30,31). The van der Waals surface area contributed by atoms with Crippen LogP contribution in [0.2, 0.25) is 0 Å². The third-order valence-electron chi connectivity index (χ3n) is 5.91. The minimum Gasteiger partial charge on any atom is -0.497 e. The molecule has 3 unspecified atom stereocenters. The van der Waals surface area contributed by atoms with Crippen molar-refractivity contribution in [2.24, 2.45) is 10.9 Å². The van der Waals surface area contributed by atoms with Gasteiger partial charge < -0.3 is 10.1 Å². The van der Waals surface area contributed by atoms with Gasteiger partial charge in [-0.1, -0.05) is 71.9 Å². The zero-order valence-electron chi connectivity index (χ0n) is 18.3. The van der Waals surface area contributed by atoms with E-state index < -0.39 is 5.50 Å². The van der Waals surface area contributed by atoms with Crippen LogP contribution in [0.4, 0.5) is 0 Å². The molecule has 3 atom stereocenters. The number of hydrogen-bond acceptors (Lipinski definition) is 5. The first-order chi connectivity index (χ1) is 16.5. The maximum atomic E-state index is 13.2. The number of hydrogen-bond donors (Lipinski definition) is 2. The molecule has 6 nitrogen and oxygen atoms in total. The first-order valence-corrected chi connectivity index (χ1v) is 12.1. The molecule has 172 valence electrons. The second-order valence-electron chi connectivity index (χ2n) is 8.08. The Balaban J connectivity index is 1.48. The predicted octanol–water partition coefficient (Wildman–Crippen LogP) is 4.56. The monoisotopic (exact) mass is 491 g/mol. The largest absolute Gasteiger partial charge is 0.497 e. The molecule has 1 fully saturated rings. The van der Waals surface area contributed by atoms with Gasteiger partial charge in [-0.2, -0.15) is 0 Å². The molecule has 2 amide bonds. The Morgan fingerprint density at radius 3 is 2.56 bits per heavy atom. The summed E-state index contributed by atoms with van der Waals surface area (Å²) in [5.41, 5.74) is 2.89. The highest BCUT2D eigenvalue weighted by molar-refractivity contribution is 8.04.